The molecule has 3 aromatic rings. The molecule has 0 saturated heterocycles. The second-order valence-electron chi connectivity index (χ2n) is 6.50. The lowest BCUT2D eigenvalue weighted by Crippen LogP contribution is -2.36. The predicted molar refractivity (Wildman–Crippen MR) is 107 cm³/mol. The van der Waals surface area contributed by atoms with Gasteiger partial charge in [-0.1, -0.05) is 23.2 Å². The molecular weight excluding hydrogens is 423 g/mol. The molecule has 0 unspecified atom stereocenters. The van der Waals surface area contributed by atoms with Crippen molar-refractivity contribution >= 4 is 50.1 Å². The van der Waals surface area contributed by atoms with Crippen LogP contribution >= 0.6 is 23.2 Å². The minimum Gasteiger partial charge on any atom is -0.465 e. The van der Waals surface area contributed by atoms with E-state index in [1.165, 1.54) is 23.5 Å². The van der Waals surface area contributed by atoms with E-state index in [-0.39, 0.29) is 16.5 Å². The topological polar surface area (TPSA) is 79.5 Å². The number of aromatic nitrogens is 1. The second-order valence-corrected chi connectivity index (χ2v) is 9.25. The van der Waals surface area contributed by atoms with Crippen LogP contribution in [0.2, 0.25) is 10.0 Å². The van der Waals surface area contributed by atoms with Gasteiger partial charge in [0.05, 0.1) is 17.7 Å². The number of sulfonamides is 1. The van der Waals surface area contributed by atoms with Crippen molar-refractivity contribution in [1.29, 1.82) is 0 Å². The Morgan fingerprint density at radius 1 is 1.18 bits per heavy atom. The van der Waals surface area contributed by atoms with E-state index in [9.17, 15) is 13.2 Å². The van der Waals surface area contributed by atoms with Gasteiger partial charge in [-0.2, -0.15) is 4.31 Å². The number of nitrogens with one attached hydrogen (secondary N) is 1. The summed E-state index contributed by atoms with van der Waals surface area (Å²) >= 11 is 12.1. The Kier molecular flexibility index (Phi) is 4.87. The SMILES string of the molecule is COC(=O)c1ccc2[nH]c3c(c2c1)CN(S(=O)(=O)c1cc(Cl)ccc1Cl)CC3. The van der Waals surface area contributed by atoms with Gasteiger partial charge in [-0.3, -0.25) is 0 Å². The van der Waals surface area contributed by atoms with Crippen molar-refractivity contribution < 1.29 is 17.9 Å². The number of hydrogen-bond donors (Lipinski definition) is 1. The molecule has 1 aromatic heterocycles. The van der Waals surface area contributed by atoms with Gasteiger partial charge in [-0.15, -0.1) is 0 Å². The Hall–Kier alpha value is -2.06. The zero-order valence-corrected chi connectivity index (χ0v) is 17.2. The molecule has 146 valence electrons. The van der Waals surface area contributed by atoms with Crippen molar-refractivity contribution in [2.24, 2.45) is 0 Å². The standard InChI is InChI=1S/C19H16Cl2N2O4S/c1-27-19(24)11-2-5-16-13(8-11)14-10-23(7-6-17(14)22-16)28(25,26)18-9-12(20)3-4-15(18)21/h2-5,8-9,22H,6-7,10H2,1H3. The van der Waals surface area contributed by atoms with Crippen molar-refractivity contribution in [3.8, 4) is 0 Å². The Labute approximate surface area is 172 Å². The van der Waals surface area contributed by atoms with Gasteiger partial charge in [-0.25, -0.2) is 13.2 Å². The van der Waals surface area contributed by atoms with E-state index in [0.29, 0.717) is 23.6 Å². The Bertz CT molecular complexity index is 1200. The van der Waals surface area contributed by atoms with Gasteiger partial charge >= 0.3 is 5.97 Å². The van der Waals surface area contributed by atoms with Gasteiger partial charge in [0.25, 0.3) is 0 Å². The molecule has 1 aliphatic rings. The lowest BCUT2D eigenvalue weighted by molar-refractivity contribution is 0.0601. The van der Waals surface area contributed by atoms with E-state index >= 15 is 0 Å². The first kappa shape index (κ1) is 19.3. The number of carbonyl (C=O) groups is 1. The minimum absolute atomic E-state index is 0.0137. The third-order valence-electron chi connectivity index (χ3n) is 4.87. The summed E-state index contributed by atoms with van der Waals surface area (Å²) in [6, 6.07) is 9.58. The highest BCUT2D eigenvalue weighted by Gasteiger charge is 2.32. The Morgan fingerprint density at radius 3 is 2.71 bits per heavy atom. The number of H-pyrrole nitrogens is 1. The quantitative estimate of drug-likeness (QED) is 0.626. The number of esters is 1. The first-order valence-electron chi connectivity index (χ1n) is 8.48. The van der Waals surface area contributed by atoms with Crippen LogP contribution in [0, 0.1) is 0 Å². The second kappa shape index (κ2) is 7.08. The molecule has 0 saturated carbocycles. The van der Waals surface area contributed by atoms with Gasteiger partial charge in [0, 0.05) is 41.1 Å². The summed E-state index contributed by atoms with van der Waals surface area (Å²) in [5.74, 6) is -0.442. The summed E-state index contributed by atoms with van der Waals surface area (Å²) in [5, 5.41) is 1.23. The number of aromatic amines is 1. The van der Waals surface area contributed by atoms with E-state index in [1.54, 1.807) is 24.3 Å². The maximum absolute atomic E-state index is 13.1. The van der Waals surface area contributed by atoms with Crippen molar-refractivity contribution in [3.05, 3.63) is 63.3 Å². The smallest absolute Gasteiger partial charge is 0.337 e. The summed E-state index contributed by atoms with van der Waals surface area (Å²) in [6.07, 6.45) is 0.523. The molecule has 9 heteroatoms. The zero-order chi connectivity index (χ0) is 20.1. The summed E-state index contributed by atoms with van der Waals surface area (Å²) in [7, 11) is -2.50. The molecule has 0 spiro atoms. The van der Waals surface area contributed by atoms with Crippen LogP contribution in [-0.4, -0.2) is 37.3 Å². The molecule has 0 bridgehead atoms. The lowest BCUT2D eigenvalue weighted by Gasteiger charge is -2.27. The molecule has 0 fully saturated rings. The normalized spacial score (nSPS) is 14.8. The number of fused-ring (bicyclic) bond motifs is 3. The molecule has 0 amide bonds. The molecule has 2 aromatic carbocycles. The fourth-order valence-electron chi connectivity index (χ4n) is 3.45. The van der Waals surface area contributed by atoms with E-state index in [0.717, 1.165) is 22.2 Å². The molecule has 0 aliphatic carbocycles. The van der Waals surface area contributed by atoms with Crippen molar-refractivity contribution in [2.45, 2.75) is 17.9 Å². The summed E-state index contributed by atoms with van der Waals surface area (Å²) < 4.78 is 32.5. The molecular formula is C19H16Cl2N2O4S. The number of ether oxygens (including phenoxy) is 1. The Balaban J connectivity index is 1.76. The van der Waals surface area contributed by atoms with E-state index in [4.69, 9.17) is 27.9 Å². The fourth-order valence-corrected chi connectivity index (χ4v) is 5.60. The lowest BCUT2D eigenvalue weighted by atomic mass is 10.0. The van der Waals surface area contributed by atoms with Gasteiger partial charge in [0.1, 0.15) is 4.90 Å². The number of methoxy groups -OCH3 is 1. The maximum atomic E-state index is 13.1. The van der Waals surface area contributed by atoms with Crippen molar-refractivity contribution in [1.82, 2.24) is 9.29 Å². The number of benzene rings is 2. The molecule has 6 nitrogen and oxygen atoms in total. The van der Waals surface area contributed by atoms with Gasteiger partial charge in [-0.05, 0) is 42.0 Å². The number of halogens is 2. The molecule has 2 heterocycles. The molecule has 0 radical (unpaired) electrons. The monoisotopic (exact) mass is 438 g/mol. The van der Waals surface area contributed by atoms with Gasteiger partial charge in [0.15, 0.2) is 0 Å². The first-order chi connectivity index (χ1) is 13.3. The number of nitrogens with zero attached hydrogens (tertiary/aromatic N) is 1. The van der Waals surface area contributed by atoms with Crippen LogP contribution in [-0.2, 0) is 27.7 Å². The maximum Gasteiger partial charge on any atom is 0.337 e. The largest absolute Gasteiger partial charge is 0.465 e. The summed E-state index contributed by atoms with van der Waals surface area (Å²) in [6.45, 7) is 0.486. The zero-order valence-electron chi connectivity index (χ0n) is 14.8. The molecule has 28 heavy (non-hydrogen) atoms. The summed E-state index contributed by atoms with van der Waals surface area (Å²) in [5.41, 5.74) is 3.06. The van der Waals surface area contributed by atoms with Crippen LogP contribution in [0.15, 0.2) is 41.3 Å². The molecule has 4 rings (SSSR count). The van der Waals surface area contributed by atoms with Crippen LogP contribution in [0.5, 0.6) is 0 Å². The van der Waals surface area contributed by atoms with E-state index < -0.39 is 16.0 Å². The third kappa shape index (κ3) is 3.18. The van der Waals surface area contributed by atoms with E-state index in [1.807, 2.05) is 0 Å². The average molecular weight is 439 g/mol. The van der Waals surface area contributed by atoms with Crippen LogP contribution in [0.25, 0.3) is 10.9 Å². The highest BCUT2D eigenvalue weighted by atomic mass is 35.5. The minimum atomic E-state index is -3.82. The number of carbonyl (C=O) groups excluding carboxylic acids is 1. The van der Waals surface area contributed by atoms with Gasteiger partial charge in [0.2, 0.25) is 10.0 Å². The van der Waals surface area contributed by atoms with Crippen molar-refractivity contribution in [2.75, 3.05) is 13.7 Å². The van der Waals surface area contributed by atoms with Crippen LogP contribution < -0.4 is 0 Å². The van der Waals surface area contributed by atoms with Crippen LogP contribution in [0.3, 0.4) is 0 Å². The van der Waals surface area contributed by atoms with Crippen LogP contribution in [0.1, 0.15) is 21.6 Å². The van der Waals surface area contributed by atoms with Crippen molar-refractivity contribution in [3.63, 3.8) is 0 Å². The molecule has 1 N–H and O–H groups in total. The van der Waals surface area contributed by atoms with Gasteiger partial charge < -0.3 is 9.72 Å². The highest BCUT2D eigenvalue weighted by Crippen LogP contribution is 2.33. The first-order valence-corrected chi connectivity index (χ1v) is 10.7. The molecule has 0 atom stereocenters. The van der Waals surface area contributed by atoms with E-state index in [2.05, 4.69) is 4.98 Å². The molecule has 1 aliphatic heterocycles. The Morgan fingerprint density at radius 2 is 1.96 bits per heavy atom. The predicted octanol–water partition coefficient (Wildman–Crippen LogP) is 4.01. The summed E-state index contributed by atoms with van der Waals surface area (Å²) in [4.78, 5) is 15.2. The fraction of sp³-hybridized carbons (Fsp3) is 0.211. The number of rotatable bonds is 3. The van der Waals surface area contributed by atoms with Crippen LogP contribution in [0.4, 0.5) is 0 Å². The average Bonchev–Trinajstić information content (AvgIpc) is 3.06. The third-order valence-corrected chi connectivity index (χ3v) is 7.43. The number of hydrogen-bond acceptors (Lipinski definition) is 4. The highest BCUT2D eigenvalue weighted by molar-refractivity contribution is 7.89.